The second-order valence-corrected chi connectivity index (χ2v) is 11.1. The van der Waals surface area contributed by atoms with E-state index in [0.29, 0.717) is 33.3 Å². The van der Waals surface area contributed by atoms with Gasteiger partial charge in [0.1, 0.15) is 17.2 Å². The number of halogens is 1. The molecule has 3 aliphatic heterocycles. The highest BCUT2D eigenvalue weighted by atomic mass is 35.5. The molecule has 4 aromatic carbocycles. The SMILES string of the molecule is COc1ccc(C(=O)C2C(C(=O)Nc3ccc(Cl)cc3)N3c4ccccc4C=CC3C23C(=O)Nc2ccccc23)cc1. The van der Waals surface area contributed by atoms with Gasteiger partial charge in [0.15, 0.2) is 5.78 Å². The Labute approximate surface area is 247 Å². The van der Waals surface area contributed by atoms with Gasteiger partial charge in [0.05, 0.1) is 19.1 Å². The minimum absolute atomic E-state index is 0.305. The fourth-order valence-corrected chi connectivity index (χ4v) is 6.93. The molecule has 4 unspecified atom stereocenters. The van der Waals surface area contributed by atoms with Crippen molar-refractivity contribution in [2.24, 2.45) is 5.92 Å². The van der Waals surface area contributed by atoms with E-state index in [2.05, 4.69) is 10.6 Å². The predicted octanol–water partition coefficient (Wildman–Crippen LogP) is 5.96. The molecule has 0 bridgehead atoms. The van der Waals surface area contributed by atoms with Crippen LogP contribution in [0.25, 0.3) is 6.08 Å². The topological polar surface area (TPSA) is 87.7 Å². The van der Waals surface area contributed by atoms with Crippen LogP contribution < -0.4 is 20.3 Å². The molecule has 8 heteroatoms. The maximum atomic E-state index is 14.8. The molecule has 1 fully saturated rings. The van der Waals surface area contributed by atoms with E-state index in [4.69, 9.17) is 16.3 Å². The zero-order chi connectivity index (χ0) is 29.0. The summed E-state index contributed by atoms with van der Waals surface area (Å²) in [5.41, 5.74) is 2.57. The number of para-hydroxylation sites is 2. The van der Waals surface area contributed by atoms with Gasteiger partial charge in [-0.25, -0.2) is 0 Å². The first-order valence-electron chi connectivity index (χ1n) is 13.6. The number of fused-ring (bicyclic) bond motifs is 6. The lowest BCUT2D eigenvalue weighted by atomic mass is 9.64. The Kier molecular flexibility index (Phi) is 6.13. The van der Waals surface area contributed by atoms with Crippen LogP contribution in [0.4, 0.5) is 17.1 Å². The fraction of sp³-hybridized carbons (Fsp3) is 0.147. The van der Waals surface area contributed by atoms with Crippen molar-refractivity contribution in [1.29, 1.82) is 0 Å². The number of Topliss-reactive ketones (excluding diaryl/α,β-unsaturated/α-hetero) is 1. The molecule has 1 spiro atoms. The number of carbonyl (C=O) groups is 3. The molecule has 2 N–H and O–H groups in total. The van der Waals surface area contributed by atoms with Gasteiger partial charge in [0.25, 0.3) is 0 Å². The molecule has 1 saturated heterocycles. The molecule has 0 aliphatic carbocycles. The van der Waals surface area contributed by atoms with Crippen LogP contribution in [-0.2, 0) is 15.0 Å². The Bertz CT molecular complexity index is 1770. The summed E-state index contributed by atoms with van der Waals surface area (Å²) in [4.78, 5) is 45.5. The number of amides is 2. The minimum atomic E-state index is -1.38. The van der Waals surface area contributed by atoms with Crippen LogP contribution in [-0.4, -0.2) is 36.8 Å². The number of nitrogens with one attached hydrogen (secondary N) is 2. The Morgan fingerprint density at radius 2 is 1.64 bits per heavy atom. The lowest BCUT2D eigenvalue weighted by Gasteiger charge is -2.37. The van der Waals surface area contributed by atoms with Gasteiger partial charge < -0.3 is 20.3 Å². The van der Waals surface area contributed by atoms with E-state index in [1.165, 1.54) is 0 Å². The second kappa shape index (κ2) is 9.89. The third-order valence-corrected chi connectivity index (χ3v) is 8.83. The molecule has 42 heavy (non-hydrogen) atoms. The Hall–Kier alpha value is -4.88. The Morgan fingerprint density at radius 3 is 2.40 bits per heavy atom. The van der Waals surface area contributed by atoms with E-state index < -0.39 is 29.3 Å². The number of carbonyl (C=O) groups excluding carboxylic acids is 3. The summed E-state index contributed by atoms with van der Waals surface area (Å²) in [6, 6.07) is 27.1. The standard InChI is InChI=1S/C34H26ClN3O4/c1-42-24-17-10-21(11-18-24)31(39)29-30(32(40)36-23-15-13-22(35)14-16-23)38-27-9-5-2-6-20(27)12-19-28(38)34(29)25-7-3-4-8-26(25)37-33(34)41/h2-19,28-30H,1H3,(H,36,40)(H,37,41). The number of ether oxygens (including phenoxy) is 1. The lowest BCUT2D eigenvalue weighted by molar-refractivity contribution is -0.122. The van der Waals surface area contributed by atoms with E-state index >= 15 is 0 Å². The van der Waals surface area contributed by atoms with Crippen LogP contribution in [0, 0.1) is 5.92 Å². The van der Waals surface area contributed by atoms with Crippen molar-refractivity contribution < 1.29 is 19.1 Å². The van der Waals surface area contributed by atoms with Crippen LogP contribution >= 0.6 is 11.6 Å². The van der Waals surface area contributed by atoms with Gasteiger partial charge in [-0.2, -0.15) is 0 Å². The van der Waals surface area contributed by atoms with E-state index in [0.717, 1.165) is 11.3 Å². The normalized spacial score (nSPS) is 23.1. The summed E-state index contributed by atoms with van der Waals surface area (Å²) in [5.74, 6) is -1.48. The number of methoxy groups -OCH3 is 1. The maximum Gasteiger partial charge on any atom is 0.247 e. The lowest BCUT2D eigenvalue weighted by Crippen LogP contribution is -2.51. The second-order valence-electron chi connectivity index (χ2n) is 10.7. The highest BCUT2D eigenvalue weighted by molar-refractivity contribution is 6.30. The molecule has 208 valence electrons. The van der Waals surface area contributed by atoms with E-state index in [1.807, 2.05) is 65.6 Å². The first-order chi connectivity index (χ1) is 20.4. The summed E-state index contributed by atoms with van der Waals surface area (Å²) in [7, 11) is 1.56. The van der Waals surface area contributed by atoms with Gasteiger partial charge in [0, 0.05) is 27.6 Å². The average molecular weight is 576 g/mol. The largest absolute Gasteiger partial charge is 0.497 e. The van der Waals surface area contributed by atoms with Crippen molar-refractivity contribution in [3.05, 3.63) is 125 Å². The molecule has 3 aliphatic rings. The van der Waals surface area contributed by atoms with Crippen molar-refractivity contribution >= 4 is 52.3 Å². The zero-order valence-electron chi connectivity index (χ0n) is 22.6. The zero-order valence-corrected chi connectivity index (χ0v) is 23.3. The third-order valence-electron chi connectivity index (χ3n) is 8.58. The molecule has 4 aromatic rings. The number of ketones is 1. The third kappa shape index (κ3) is 3.77. The first kappa shape index (κ1) is 26.0. The predicted molar refractivity (Wildman–Crippen MR) is 163 cm³/mol. The number of nitrogens with zero attached hydrogens (tertiary/aromatic N) is 1. The van der Waals surface area contributed by atoms with Gasteiger partial charge in [-0.1, -0.05) is 60.2 Å². The summed E-state index contributed by atoms with van der Waals surface area (Å²) in [6.45, 7) is 0. The quantitative estimate of drug-likeness (QED) is 0.287. The number of anilines is 3. The van der Waals surface area contributed by atoms with Gasteiger partial charge >= 0.3 is 0 Å². The molecule has 7 rings (SSSR count). The molecule has 0 aromatic heterocycles. The van der Waals surface area contributed by atoms with Crippen LogP contribution in [0.1, 0.15) is 21.5 Å². The number of hydrogen-bond acceptors (Lipinski definition) is 5. The smallest absolute Gasteiger partial charge is 0.247 e. The maximum absolute atomic E-state index is 14.8. The molecule has 2 amide bonds. The number of rotatable bonds is 5. The van der Waals surface area contributed by atoms with Crippen LogP contribution in [0.5, 0.6) is 5.75 Å². The van der Waals surface area contributed by atoms with Crippen molar-refractivity contribution in [2.75, 3.05) is 22.6 Å². The van der Waals surface area contributed by atoms with Crippen LogP contribution in [0.15, 0.2) is 103 Å². The van der Waals surface area contributed by atoms with Gasteiger partial charge in [0.2, 0.25) is 11.8 Å². The van der Waals surface area contributed by atoms with E-state index in [9.17, 15) is 14.4 Å². The highest BCUT2D eigenvalue weighted by Gasteiger charge is 2.70. The Morgan fingerprint density at radius 1 is 0.929 bits per heavy atom. The van der Waals surface area contributed by atoms with Crippen molar-refractivity contribution in [2.45, 2.75) is 17.5 Å². The van der Waals surface area contributed by atoms with Crippen molar-refractivity contribution in [1.82, 2.24) is 0 Å². The number of benzene rings is 4. The monoisotopic (exact) mass is 575 g/mol. The summed E-state index contributed by atoms with van der Waals surface area (Å²) >= 11 is 6.10. The van der Waals surface area contributed by atoms with Crippen LogP contribution in [0.3, 0.4) is 0 Å². The Balaban J connectivity index is 1.47. The fourth-order valence-electron chi connectivity index (χ4n) is 6.80. The molecule has 3 heterocycles. The molecule has 4 atom stereocenters. The van der Waals surface area contributed by atoms with Gasteiger partial charge in [-0.3, -0.25) is 14.4 Å². The van der Waals surface area contributed by atoms with Gasteiger partial charge in [-0.15, -0.1) is 0 Å². The minimum Gasteiger partial charge on any atom is -0.497 e. The van der Waals surface area contributed by atoms with Crippen molar-refractivity contribution in [3.63, 3.8) is 0 Å². The average Bonchev–Trinajstić information content (AvgIpc) is 3.50. The van der Waals surface area contributed by atoms with E-state index in [1.54, 1.807) is 55.6 Å². The van der Waals surface area contributed by atoms with Crippen molar-refractivity contribution in [3.8, 4) is 5.75 Å². The molecular weight excluding hydrogens is 550 g/mol. The molecule has 0 saturated carbocycles. The summed E-state index contributed by atoms with van der Waals surface area (Å²) < 4.78 is 5.32. The summed E-state index contributed by atoms with van der Waals surface area (Å²) in [5, 5.41) is 6.58. The first-order valence-corrected chi connectivity index (χ1v) is 14.0. The van der Waals surface area contributed by atoms with Gasteiger partial charge in [-0.05, 0) is 71.8 Å². The van der Waals surface area contributed by atoms with E-state index in [-0.39, 0.29) is 11.7 Å². The summed E-state index contributed by atoms with van der Waals surface area (Å²) in [6.07, 6.45) is 3.93. The molecular formula is C34H26ClN3O4. The number of hydrogen-bond donors (Lipinski definition) is 2. The molecule has 7 nitrogen and oxygen atoms in total. The van der Waals surface area contributed by atoms with Crippen LogP contribution in [0.2, 0.25) is 5.02 Å². The molecule has 0 radical (unpaired) electrons. The highest BCUT2D eigenvalue weighted by Crippen LogP contribution is 2.57.